The number of carbonyl (C=O) groups excluding carboxylic acids is 1. The molecule has 0 spiro atoms. The second-order valence-corrected chi connectivity index (χ2v) is 3.64. The maximum absolute atomic E-state index is 11.6. The van der Waals surface area contributed by atoms with Crippen molar-refractivity contribution in [1.82, 2.24) is 10.2 Å². The molecular formula is C9H16N2O4. The Balaban J connectivity index is 2.58. The van der Waals surface area contributed by atoms with Gasteiger partial charge in [-0.2, -0.15) is 0 Å². The number of aliphatic hydroxyl groups excluding tert-OH is 1. The van der Waals surface area contributed by atoms with Gasteiger partial charge in [-0.3, -0.25) is 4.79 Å². The summed E-state index contributed by atoms with van der Waals surface area (Å²) >= 11 is 0. The summed E-state index contributed by atoms with van der Waals surface area (Å²) in [4.78, 5) is 23.6. The molecule has 0 aromatic carbocycles. The Hall–Kier alpha value is -1.14. The van der Waals surface area contributed by atoms with E-state index in [4.69, 9.17) is 5.11 Å². The number of hydrogen-bond acceptors (Lipinski definition) is 4. The number of β-amino-alcohol motifs (C(OH)–C–C–N with tert-alkyl or cyclic N) is 1. The van der Waals surface area contributed by atoms with Crippen molar-refractivity contribution in [3.05, 3.63) is 0 Å². The average molecular weight is 216 g/mol. The Labute approximate surface area is 87.9 Å². The maximum Gasteiger partial charge on any atom is 0.326 e. The van der Waals surface area contributed by atoms with Gasteiger partial charge in [0, 0.05) is 25.9 Å². The smallest absolute Gasteiger partial charge is 0.326 e. The highest BCUT2D eigenvalue weighted by molar-refractivity contribution is 5.84. The molecule has 6 nitrogen and oxygen atoms in total. The molecule has 1 aliphatic heterocycles. The zero-order valence-electron chi connectivity index (χ0n) is 8.64. The molecule has 86 valence electrons. The lowest BCUT2D eigenvalue weighted by atomic mass is 10.2. The number of aliphatic hydroxyl groups is 1. The molecule has 0 bridgehead atoms. The van der Waals surface area contributed by atoms with Crippen molar-refractivity contribution in [1.29, 1.82) is 0 Å². The first-order valence-corrected chi connectivity index (χ1v) is 4.91. The van der Waals surface area contributed by atoms with Crippen molar-refractivity contribution >= 4 is 11.9 Å². The van der Waals surface area contributed by atoms with E-state index in [0.717, 1.165) is 0 Å². The molecule has 2 atom stereocenters. The lowest BCUT2D eigenvalue weighted by molar-refractivity contribution is -0.148. The molecule has 6 heteroatoms. The summed E-state index contributed by atoms with van der Waals surface area (Å²) in [5, 5.41) is 21.0. The number of carboxylic acid groups (broad SMARTS) is 1. The summed E-state index contributed by atoms with van der Waals surface area (Å²) in [5.74, 6) is -1.28. The molecule has 1 saturated heterocycles. The Kier molecular flexibility index (Phi) is 4.05. The topological polar surface area (TPSA) is 89.9 Å². The molecule has 15 heavy (non-hydrogen) atoms. The van der Waals surface area contributed by atoms with E-state index in [1.807, 2.05) is 0 Å². The van der Waals surface area contributed by atoms with Crippen LogP contribution >= 0.6 is 0 Å². The summed E-state index contributed by atoms with van der Waals surface area (Å²) in [7, 11) is 1.72. The second-order valence-electron chi connectivity index (χ2n) is 3.64. The molecule has 1 rings (SSSR count). The van der Waals surface area contributed by atoms with Crippen molar-refractivity contribution in [3.63, 3.8) is 0 Å². The lowest BCUT2D eigenvalue weighted by Crippen LogP contribution is -2.41. The van der Waals surface area contributed by atoms with Gasteiger partial charge >= 0.3 is 5.97 Å². The fourth-order valence-corrected chi connectivity index (χ4v) is 1.70. The number of carboxylic acids is 1. The molecule has 1 aliphatic rings. The van der Waals surface area contributed by atoms with Crippen LogP contribution in [0.2, 0.25) is 0 Å². The largest absolute Gasteiger partial charge is 0.480 e. The SMILES string of the molecule is CNCCC(=O)N1CC(O)CC1C(=O)O. The quantitative estimate of drug-likeness (QED) is 0.540. The minimum atomic E-state index is -1.05. The Morgan fingerprint density at radius 1 is 1.53 bits per heavy atom. The molecule has 3 N–H and O–H groups in total. The highest BCUT2D eigenvalue weighted by Crippen LogP contribution is 2.18. The van der Waals surface area contributed by atoms with Gasteiger partial charge in [0.15, 0.2) is 0 Å². The summed E-state index contributed by atoms with van der Waals surface area (Å²) in [6.07, 6.45) is -0.335. The first kappa shape index (κ1) is 11.9. The molecule has 0 aromatic rings. The predicted octanol–water partition coefficient (Wildman–Crippen LogP) is -1.36. The molecule has 1 heterocycles. The van der Waals surface area contributed by atoms with Gasteiger partial charge in [-0.1, -0.05) is 0 Å². The predicted molar refractivity (Wildman–Crippen MR) is 52.3 cm³/mol. The third kappa shape index (κ3) is 2.90. The Morgan fingerprint density at radius 3 is 2.73 bits per heavy atom. The molecule has 1 fully saturated rings. The Morgan fingerprint density at radius 2 is 2.20 bits per heavy atom. The van der Waals surface area contributed by atoms with E-state index in [9.17, 15) is 14.7 Å². The average Bonchev–Trinajstić information content (AvgIpc) is 2.57. The first-order chi connectivity index (χ1) is 7.06. The zero-order chi connectivity index (χ0) is 11.4. The van der Waals surface area contributed by atoms with E-state index in [1.165, 1.54) is 4.90 Å². The van der Waals surface area contributed by atoms with E-state index in [0.29, 0.717) is 6.54 Å². The molecule has 0 aromatic heterocycles. The monoisotopic (exact) mass is 216 g/mol. The molecule has 2 unspecified atom stereocenters. The number of hydrogen-bond donors (Lipinski definition) is 3. The maximum atomic E-state index is 11.6. The van der Waals surface area contributed by atoms with Gasteiger partial charge in [0.05, 0.1) is 6.10 Å². The number of aliphatic carboxylic acids is 1. The zero-order valence-corrected chi connectivity index (χ0v) is 8.64. The normalized spacial score (nSPS) is 25.6. The van der Waals surface area contributed by atoms with E-state index in [2.05, 4.69) is 5.32 Å². The van der Waals surface area contributed by atoms with Gasteiger partial charge in [0.25, 0.3) is 0 Å². The van der Waals surface area contributed by atoms with Crippen molar-refractivity contribution in [2.24, 2.45) is 0 Å². The minimum absolute atomic E-state index is 0.125. The fraction of sp³-hybridized carbons (Fsp3) is 0.778. The number of nitrogens with one attached hydrogen (secondary N) is 1. The van der Waals surface area contributed by atoms with Gasteiger partial charge in [0.1, 0.15) is 6.04 Å². The number of rotatable bonds is 4. The minimum Gasteiger partial charge on any atom is -0.480 e. The van der Waals surface area contributed by atoms with Crippen LogP contribution in [0, 0.1) is 0 Å². The number of amides is 1. The number of carbonyl (C=O) groups is 2. The van der Waals surface area contributed by atoms with Crippen LogP contribution in [0.5, 0.6) is 0 Å². The molecule has 0 aliphatic carbocycles. The van der Waals surface area contributed by atoms with Gasteiger partial charge in [-0.05, 0) is 7.05 Å². The van der Waals surface area contributed by atoms with Crippen LogP contribution in [0.1, 0.15) is 12.8 Å². The lowest BCUT2D eigenvalue weighted by Gasteiger charge is -2.20. The van der Waals surface area contributed by atoms with E-state index in [-0.39, 0.29) is 25.3 Å². The summed E-state index contributed by atoms with van der Waals surface area (Å²) in [6.45, 7) is 0.636. The van der Waals surface area contributed by atoms with Gasteiger partial charge in [0.2, 0.25) is 5.91 Å². The van der Waals surface area contributed by atoms with Crippen LogP contribution in [0.4, 0.5) is 0 Å². The van der Waals surface area contributed by atoms with Crippen LogP contribution in [0.3, 0.4) is 0 Å². The second kappa shape index (κ2) is 5.09. The summed E-state index contributed by atoms with van der Waals surface area (Å²) in [5.41, 5.74) is 0. The van der Waals surface area contributed by atoms with Crippen molar-refractivity contribution in [2.45, 2.75) is 25.0 Å². The van der Waals surface area contributed by atoms with Crippen LogP contribution in [0.25, 0.3) is 0 Å². The van der Waals surface area contributed by atoms with Crippen molar-refractivity contribution in [2.75, 3.05) is 20.1 Å². The summed E-state index contributed by atoms with van der Waals surface area (Å²) < 4.78 is 0. The first-order valence-electron chi connectivity index (χ1n) is 4.91. The van der Waals surface area contributed by atoms with Gasteiger partial charge < -0.3 is 20.4 Å². The Bertz CT molecular complexity index is 256. The van der Waals surface area contributed by atoms with Crippen LogP contribution in [-0.4, -0.2) is 59.3 Å². The van der Waals surface area contributed by atoms with Crippen LogP contribution in [-0.2, 0) is 9.59 Å². The molecule has 1 amide bonds. The molecular weight excluding hydrogens is 200 g/mol. The number of nitrogens with zero attached hydrogens (tertiary/aromatic N) is 1. The summed E-state index contributed by atoms with van der Waals surface area (Å²) in [6, 6.07) is -0.871. The third-order valence-electron chi connectivity index (χ3n) is 2.47. The van der Waals surface area contributed by atoms with Crippen molar-refractivity contribution in [3.8, 4) is 0 Å². The standard InChI is InChI=1S/C9H16N2O4/c1-10-3-2-8(13)11-5-6(12)4-7(11)9(14)15/h6-7,10,12H,2-5H2,1H3,(H,14,15). The molecule has 0 saturated carbocycles. The van der Waals surface area contributed by atoms with Gasteiger partial charge in [-0.15, -0.1) is 0 Å². The van der Waals surface area contributed by atoms with E-state index >= 15 is 0 Å². The van der Waals surface area contributed by atoms with Crippen LogP contribution < -0.4 is 5.32 Å². The van der Waals surface area contributed by atoms with E-state index < -0.39 is 18.1 Å². The fourth-order valence-electron chi connectivity index (χ4n) is 1.70. The highest BCUT2D eigenvalue weighted by atomic mass is 16.4. The van der Waals surface area contributed by atoms with Crippen LogP contribution in [0.15, 0.2) is 0 Å². The molecule has 0 radical (unpaired) electrons. The van der Waals surface area contributed by atoms with Gasteiger partial charge in [-0.25, -0.2) is 4.79 Å². The van der Waals surface area contributed by atoms with E-state index in [1.54, 1.807) is 7.05 Å². The van der Waals surface area contributed by atoms with Crippen molar-refractivity contribution < 1.29 is 19.8 Å². The highest BCUT2D eigenvalue weighted by Gasteiger charge is 2.38. The number of likely N-dealkylation sites (tertiary alicyclic amines) is 1. The third-order valence-corrected chi connectivity index (χ3v) is 2.47.